The van der Waals surface area contributed by atoms with Crippen LogP contribution >= 0.6 is 0 Å². The van der Waals surface area contributed by atoms with Gasteiger partial charge < -0.3 is 15.5 Å². The second-order valence-electron chi connectivity index (χ2n) is 4.92. The van der Waals surface area contributed by atoms with Crippen LogP contribution in [0.4, 0.5) is 0 Å². The molecule has 0 aromatic heterocycles. The number of carbonyl (C=O) groups is 2. The summed E-state index contributed by atoms with van der Waals surface area (Å²) in [6.07, 6.45) is 3.08. The van der Waals surface area contributed by atoms with Gasteiger partial charge in [0.1, 0.15) is 0 Å². The summed E-state index contributed by atoms with van der Waals surface area (Å²) < 4.78 is 0. The van der Waals surface area contributed by atoms with Gasteiger partial charge in [0.25, 0.3) is 0 Å². The summed E-state index contributed by atoms with van der Waals surface area (Å²) in [5, 5.41) is 5.97. The van der Waals surface area contributed by atoms with E-state index in [0.717, 1.165) is 25.8 Å². The largest absolute Gasteiger partial charge is 0.352 e. The molecule has 0 aromatic rings. The van der Waals surface area contributed by atoms with Gasteiger partial charge in [-0.15, -0.1) is 0 Å². The van der Waals surface area contributed by atoms with Gasteiger partial charge in [-0.1, -0.05) is 6.42 Å². The monoisotopic (exact) mass is 241 g/mol. The fourth-order valence-corrected chi connectivity index (χ4v) is 1.99. The number of nitrogens with zero attached hydrogens (tertiary/aromatic N) is 1. The minimum Gasteiger partial charge on any atom is -0.352 e. The molecule has 17 heavy (non-hydrogen) atoms. The Morgan fingerprint density at radius 1 is 1.41 bits per heavy atom. The van der Waals surface area contributed by atoms with E-state index in [1.807, 2.05) is 13.8 Å². The van der Waals surface area contributed by atoms with Crippen LogP contribution < -0.4 is 10.6 Å². The van der Waals surface area contributed by atoms with E-state index in [9.17, 15) is 9.59 Å². The molecule has 0 saturated carbocycles. The highest BCUT2D eigenvalue weighted by Gasteiger charge is 2.24. The maximum Gasteiger partial charge on any atom is 0.239 e. The first-order valence-corrected chi connectivity index (χ1v) is 6.28. The van der Waals surface area contributed by atoms with Crippen LogP contribution in [-0.4, -0.2) is 48.9 Å². The van der Waals surface area contributed by atoms with Crippen molar-refractivity contribution in [3.8, 4) is 0 Å². The summed E-state index contributed by atoms with van der Waals surface area (Å²) in [5.41, 5.74) is 0. The third kappa shape index (κ3) is 4.73. The highest BCUT2D eigenvalue weighted by atomic mass is 16.2. The van der Waals surface area contributed by atoms with Gasteiger partial charge >= 0.3 is 0 Å². The number of piperidine rings is 1. The summed E-state index contributed by atoms with van der Waals surface area (Å²) >= 11 is 0. The van der Waals surface area contributed by atoms with Crippen molar-refractivity contribution in [3.05, 3.63) is 0 Å². The van der Waals surface area contributed by atoms with Crippen molar-refractivity contribution in [2.45, 2.75) is 45.2 Å². The first kappa shape index (κ1) is 14.0. The Balaban J connectivity index is 2.37. The number of carbonyl (C=O) groups excluding carboxylic acids is 2. The van der Waals surface area contributed by atoms with Crippen molar-refractivity contribution in [1.29, 1.82) is 0 Å². The predicted molar refractivity (Wildman–Crippen MR) is 66.6 cm³/mol. The van der Waals surface area contributed by atoms with Gasteiger partial charge in [0.05, 0.1) is 12.6 Å². The fourth-order valence-electron chi connectivity index (χ4n) is 1.99. The molecule has 5 heteroatoms. The molecular formula is C12H23N3O2. The van der Waals surface area contributed by atoms with Gasteiger partial charge in [-0.05, 0) is 33.2 Å². The van der Waals surface area contributed by atoms with Gasteiger partial charge in [-0.2, -0.15) is 0 Å². The van der Waals surface area contributed by atoms with E-state index in [4.69, 9.17) is 0 Å². The molecule has 2 N–H and O–H groups in total. The Labute approximate surface area is 103 Å². The Morgan fingerprint density at radius 3 is 2.65 bits per heavy atom. The van der Waals surface area contributed by atoms with Crippen LogP contribution in [0.25, 0.3) is 0 Å². The van der Waals surface area contributed by atoms with Gasteiger partial charge in [0, 0.05) is 13.1 Å². The topological polar surface area (TPSA) is 61.4 Å². The summed E-state index contributed by atoms with van der Waals surface area (Å²) in [6, 6.07) is -0.000549. The quantitative estimate of drug-likeness (QED) is 0.734. The van der Waals surface area contributed by atoms with Crippen molar-refractivity contribution in [2.24, 2.45) is 0 Å². The number of likely N-dealkylation sites (N-methyl/N-ethyl adjacent to an activating group) is 1. The van der Waals surface area contributed by atoms with Gasteiger partial charge in [0.15, 0.2) is 0 Å². The first-order valence-electron chi connectivity index (χ1n) is 6.28. The number of rotatable bonds is 4. The lowest BCUT2D eigenvalue weighted by Gasteiger charge is -2.27. The third-order valence-corrected chi connectivity index (χ3v) is 2.82. The van der Waals surface area contributed by atoms with E-state index in [-0.39, 0.29) is 30.4 Å². The minimum atomic E-state index is -0.111. The maximum absolute atomic E-state index is 12.0. The molecule has 1 aliphatic rings. The van der Waals surface area contributed by atoms with Crippen molar-refractivity contribution in [2.75, 3.05) is 20.1 Å². The van der Waals surface area contributed by atoms with Crippen molar-refractivity contribution in [3.63, 3.8) is 0 Å². The standard InChI is InChI=1S/C12H23N3O2/c1-9(2)14-11(16)8-15(3)12(17)10-6-4-5-7-13-10/h9-10,13H,4-8H2,1-3H3,(H,14,16). The first-order chi connectivity index (χ1) is 8.00. The molecule has 5 nitrogen and oxygen atoms in total. The molecule has 1 heterocycles. The molecule has 0 aliphatic carbocycles. The SMILES string of the molecule is CC(C)NC(=O)CN(C)C(=O)C1CCCCN1. The second-order valence-corrected chi connectivity index (χ2v) is 4.92. The zero-order valence-electron chi connectivity index (χ0n) is 11.0. The molecule has 1 unspecified atom stereocenters. The molecule has 0 spiro atoms. The van der Waals surface area contributed by atoms with E-state index in [2.05, 4.69) is 10.6 Å². The van der Waals surface area contributed by atoms with E-state index < -0.39 is 0 Å². The van der Waals surface area contributed by atoms with Crippen LogP contribution in [0.2, 0.25) is 0 Å². The number of hydrogen-bond donors (Lipinski definition) is 2. The summed E-state index contributed by atoms with van der Waals surface area (Å²) in [5.74, 6) is -0.0877. The van der Waals surface area contributed by atoms with Gasteiger partial charge in [-0.3, -0.25) is 9.59 Å². The van der Waals surface area contributed by atoms with E-state index >= 15 is 0 Å². The molecule has 2 amide bonds. The highest BCUT2D eigenvalue weighted by Crippen LogP contribution is 2.08. The van der Waals surface area contributed by atoms with Crippen molar-refractivity contribution in [1.82, 2.24) is 15.5 Å². The molecule has 1 atom stereocenters. The molecule has 1 rings (SSSR count). The maximum atomic E-state index is 12.0. The van der Waals surface area contributed by atoms with E-state index in [1.165, 1.54) is 4.90 Å². The van der Waals surface area contributed by atoms with Gasteiger partial charge in [0.2, 0.25) is 11.8 Å². The average Bonchev–Trinajstić information content (AvgIpc) is 2.28. The van der Waals surface area contributed by atoms with Crippen LogP contribution in [0.3, 0.4) is 0 Å². The van der Waals surface area contributed by atoms with E-state index in [1.54, 1.807) is 7.05 Å². The van der Waals surface area contributed by atoms with Crippen LogP contribution in [0.15, 0.2) is 0 Å². The zero-order chi connectivity index (χ0) is 12.8. The van der Waals surface area contributed by atoms with Crippen LogP contribution in [0, 0.1) is 0 Å². The molecule has 0 aromatic carbocycles. The fraction of sp³-hybridized carbons (Fsp3) is 0.833. The van der Waals surface area contributed by atoms with Crippen LogP contribution in [-0.2, 0) is 9.59 Å². The van der Waals surface area contributed by atoms with E-state index in [0.29, 0.717) is 0 Å². The summed E-state index contributed by atoms with van der Waals surface area (Å²) in [4.78, 5) is 25.0. The highest BCUT2D eigenvalue weighted by molar-refractivity contribution is 5.87. The molecule has 98 valence electrons. The van der Waals surface area contributed by atoms with Crippen molar-refractivity contribution < 1.29 is 9.59 Å². The zero-order valence-corrected chi connectivity index (χ0v) is 11.0. The van der Waals surface area contributed by atoms with Gasteiger partial charge in [-0.25, -0.2) is 0 Å². The Morgan fingerprint density at radius 2 is 2.12 bits per heavy atom. The number of hydrogen-bond acceptors (Lipinski definition) is 3. The average molecular weight is 241 g/mol. The molecule has 0 bridgehead atoms. The molecule has 1 fully saturated rings. The Kier molecular flexibility index (Phi) is 5.41. The third-order valence-electron chi connectivity index (χ3n) is 2.82. The Hall–Kier alpha value is -1.10. The lowest BCUT2D eigenvalue weighted by atomic mass is 10.0. The molecular weight excluding hydrogens is 218 g/mol. The van der Waals surface area contributed by atoms with Crippen LogP contribution in [0.1, 0.15) is 33.1 Å². The predicted octanol–water partition coefficient (Wildman–Crippen LogP) is 0.112. The summed E-state index contributed by atoms with van der Waals surface area (Å²) in [7, 11) is 1.68. The van der Waals surface area contributed by atoms with Crippen LogP contribution in [0.5, 0.6) is 0 Å². The normalized spacial score (nSPS) is 20.1. The summed E-state index contributed by atoms with van der Waals surface area (Å²) in [6.45, 7) is 4.84. The molecule has 1 saturated heterocycles. The minimum absolute atomic E-state index is 0.0172. The molecule has 0 radical (unpaired) electrons. The number of amides is 2. The lowest BCUT2D eigenvalue weighted by molar-refractivity contribution is -0.137. The van der Waals surface area contributed by atoms with Crippen molar-refractivity contribution >= 4 is 11.8 Å². The Bertz CT molecular complexity index is 273. The smallest absolute Gasteiger partial charge is 0.239 e. The lowest BCUT2D eigenvalue weighted by Crippen LogP contribution is -2.50. The number of nitrogens with one attached hydrogen (secondary N) is 2. The molecule has 1 aliphatic heterocycles. The second kappa shape index (κ2) is 6.59.